The van der Waals surface area contributed by atoms with E-state index in [0.717, 1.165) is 6.26 Å². The first-order valence-electron chi connectivity index (χ1n) is 5.02. The van der Waals surface area contributed by atoms with Gasteiger partial charge in [-0.05, 0) is 28.1 Å². The monoisotopic (exact) mass is 341 g/mol. The second kappa shape index (κ2) is 4.21. The Hall–Kier alpha value is -0.600. The van der Waals surface area contributed by atoms with Crippen molar-refractivity contribution in [2.45, 2.75) is 24.4 Å². The van der Waals surface area contributed by atoms with Gasteiger partial charge in [-0.2, -0.15) is 8.42 Å². The zero-order valence-corrected chi connectivity index (χ0v) is 11.8. The van der Waals surface area contributed by atoms with Crippen LogP contribution in [0, 0.1) is 0 Å². The highest BCUT2D eigenvalue weighted by molar-refractivity contribution is 9.10. The Bertz CT molecular complexity index is 551. The molecule has 0 amide bonds. The fourth-order valence-electron chi connectivity index (χ4n) is 2.00. The minimum absolute atomic E-state index is 0.196. The molecule has 0 N–H and O–H groups in total. The van der Waals surface area contributed by atoms with E-state index in [1.807, 2.05) is 0 Å². The van der Waals surface area contributed by atoms with Crippen LogP contribution in [0.2, 0.25) is 0 Å². The number of pyridine rings is 1. The van der Waals surface area contributed by atoms with Gasteiger partial charge in [-0.3, -0.25) is 9.17 Å². The number of hydrogen-bond acceptors (Lipinski definition) is 4. The summed E-state index contributed by atoms with van der Waals surface area (Å²) in [6.45, 7) is 0. The number of aromatic nitrogens is 1. The highest BCUT2D eigenvalue weighted by Crippen LogP contribution is 2.54. The lowest BCUT2D eigenvalue weighted by molar-refractivity contribution is -0.197. The van der Waals surface area contributed by atoms with Crippen molar-refractivity contribution in [1.29, 1.82) is 0 Å². The molecule has 1 saturated carbocycles. The molecule has 0 bridgehead atoms. The SMILES string of the molecule is CS(=O)(=O)OC1(c2ccc(Br)cn2)CC(F)(F)C1. The lowest BCUT2D eigenvalue weighted by Gasteiger charge is -2.45. The van der Waals surface area contributed by atoms with E-state index in [-0.39, 0.29) is 5.69 Å². The maximum Gasteiger partial charge on any atom is 0.265 e. The van der Waals surface area contributed by atoms with Gasteiger partial charge in [0.05, 0.1) is 11.9 Å². The summed E-state index contributed by atoms with van der Waals surface area (Å²) in [4.78, 5) is 3.95. The standard InChI is InChI=1S/C10H10BrF2NO3S/c1-18(15,16)17-9(5-10(12,13)6-9)8-3-2-7(11)4-14-8/h2-4H,5-6H2,1H3. The normalized spacial score (nSPS) is 21.3. The average Bonchev–Trinajstić information content (AvgIpc) is 2.12. The van der Waals surface area contributed by atoms with Crippen molar-refractivity contribution in [2.24, 2.45) is 0 Å². The van der Waals surface area contributed by atoms with Crippen LogP contribution in [0.5, 0.6) is 0 Å². The molecule has 4 nitrogen and oxygen atoms in total. The molecule has 1 heterocycles. The summed E-state index contributed by atoms with van der Waals surface area (Å²) in [5, 5.41) is 0. The minimum atomic E-state index is -3.84. The Morgan fingerprint density at radius 2 is 2.00 bits per heavy atom. The quantitative estimate of drug-likeness (QED) is 0.792. The zero-order valence-electron chi connectivity index (χ0n) is 9.36. The number of halogens is 3. The molecule has 1 aliphatic carbocycles. The van der Waals surface area contributed by atoms with E-state index < -0.39 is 34.5 Å². The van der Waals surface area contributed by atoms with Crippen molar-refractivity contribution in [1.82, 2.24) is 4.98 Å². The van der Waals surface area contributed by atoms with Crippen molar-refractivity contribution >= 4 is 26.0 Å². The van der Waals surface area contributed by atoms with E-state index in [4.69, 9.17) is 4.18 Å². The van der Waals surface area contributed by atoms with Crippen LogP contribution in [0.25, 0.3) is 0 Å². The van der Waals surface area contributed by atoms with Gasteiger partial charge in [-0.15, -0.1) is 0 Å². The van der Waals surface area contributed by atoms with E-state index in [9.17, 15) is 17.2 Å². The molecule has 1 fully saturated rings. The summed E-state index contributed by atoms with van der Waals surface area (Å²) < 4.78 is 54.0. The van der Waals surface area contributed by atoms with Gasteiger partial charge in [0.2, 0.25) is 0 Å². The smallest absolute Gasteiger partial charge is 0.257 e. The number of rotatable bonds is 3. The molecule has 0 aromatic carbocycles. The first kappa shape index (κ1) is 13.8. The fourth-order valence-corrected chi connectivity index (χ4v) is 3.02. The molecule has 18 heavy (non-hydrogen) atoms. The van der Waals surface area contributed by atoms with Crippen LogP contribution in [-0.2, 0) is 19.9 Å². The molecular weight excluding hydrogens is 332 g/mol. The third-order valence-electron chi connectivity index (χ3n) is 2.59. The van der Waals surface area contributed by atoms with E-state index in [2.05, 4.69) is 20.9 Å². The van der Waals surface area contributed by atoms with Gasteiger partial charge < -0.3 is 0 Å². The lowest BCUT2D eigenvalue weighted by Crippen LogP contribution is -2.52. The molecule has 1 aliphatic rings. The van der Waals surface area contributed by atoms with Crippen LogP contribution in [0.3, 0.4) is 0 Å². The lowest BCUT2D eigenvalue weighted by atomic mass is 9.74. The summed E-state index contributed by atoms with van der Waals surface area (Å²) in [5.74, 6) is -2.92. The Labute approximate surface area is 112 Å². The van der Waals surface area contributed by atoms with Crippen molar-refractivity contribution in [3.8, 4) is 0 Å². The highest BCUT2D eigenvalue weighted by Gasteiger charge is 2.61. The minimum Gasteiger partial charge on any atom is -0.257 e. The van der Waals surface area contributed by atoms with E-state index in [1.54, 1.807) is 6.07 Å². The molecule has 1 aromatic rings. The van der Waals surface area contributed by atoms with Crippen LogP contribution < -0.4 is 0 Å². The van der Waals surface area contributed by atoms with Crippen molar-refractivity contribution in [3.63, 3.8) is 0 Å². The van der Waals surface area contributed by atoms with Crippen LogP contribution in [0.1, 0.15) is 18.5 Å². The Balaban J connectivity index is 2.35. The van der Waals surface area contributed by atoms with Gasteiger partial charge in [-0.25, -0.2) is 8.78 Å². The molecule has 0 spiro atoms. The van der Waals surface area contributed by atoms with E-state index in [0.29, 0.717) is 4.47 Å². The Morgan fingerprint density at radius 3 is 2.39 bits per heavy atom. The van der Waals surface area contributed by atoms with Crippen LogP contribution in [0.15, 0.2) is 22.8 Å². The maximum absolute atomic E-state index is 13.1. The number of nitrogens with zero attached hydrogens (tertiary/aromatic N) is 1. The highest BCUT2D eigenvalue weighted by atomic mass is 79.9. The number of hydrogen-bond donors (Lipinski definition) is 0. The third kappa shape index (κ3) is 2.86. The predicted molar refractivity (Wildman–Crippen MR) is 63.7 cm³/mol. The van der Waals surface area contributed by atoms with Gasteiger partial charge in [0.1, 0.15) is 5.60 Å². The first-order chi connectivity index (χ1) is 8.12. The largest absolute Gasteiger partial charge is 0.265 e. The van der Waals surface area contributed by atoms with Gasteiger partial charge in [0.25, 0.3) is 16.0 Å². The van der Waals surface area contributed by atoms with Gasteiger partial charge in [-0.1, -0.05) is 0 Å². The van der Waals surface area contributed by atoms with Crippen molar-refractivity contribution < 1.29 is 21.4 Å². The second-order valence-electron chi connectivity index (χ2n) is 4.35. The van der Waals surface area contributed by atoms with Gasteiger partial charge in [0, 0.05) is 23.5 Å². The van der Waals surface area contributed by atoms with E-state index in [1.165, 1.54) is 12.3 Å². The van der Waals surface area contributed by atoms with E-state index >= 15 is 0 Å². The molecule has 0 saturated heterocycles. The fraction of sp³-hybridized carbons (Fsp3) is 0.500. The topological polar surface area (TPSA) is 56.3 Å². The number of alkyl halides is 2. The molecule has 2 rings (SSSR count). The molecule has 100 valence electrons. The second-order valence-corrected chi connectivity index (χ2v) is 6.84. The maximum atomic E-state index is 13.1. The zero-order chi connectivity index (χ0) is 13.6. The molecule has 0 radical (unpaired) electrons. The molecular formula is C10H10BrF2NO3S. The molecule has 0 aliphatic heterocycles. The third-order valence-corrected chi connectivity index (χ3v) is 3.68. The summed E-state index contributed by atoms with van der Waals surface area (Å²) >= 11 is 3.17. The molecule has 0 unspecified atom stereocenters. The van der Waals surface area contributed by atoms with Crippen molar-refractivity contribution in [3.05, 3.63) is 28.5 Å². The van der Waals surface area contributed by atoms with Gasteiger partial charge >= 0.3 is 0 Å². The Morgan fingerprint density at radius 1 is 1.39 bits per heavy atom. The summed E-state index contributed by atoms with van der Waals surface area (Å²) in [7, 11) is -3.84. The first-order valence-corrected chi connectivity index (χ1v) is 7.63. The van der Waals surface area contributed by atoms with Crippen LogP contribution >= 0.6 is 15.9 Å². The molecule has 0 atom stereocenters. The summed E-state index contributed by atoms with van der Waals surface area (Å²) in [6, 6.07) is 3.08. The Kier molecular flexibility index (Phi) is 3.23. The van der Waals surface area contributed by atoms with Crippen LogP contribution in [0.4, 0.5) is 8.78 Å². The predicted octanol–water partition coefficient (Wildman–Crippen LogP) is 2.44. The molecule has 1 aromatic heterocycles. The average molecular weight is 342 g/mol. The molecule has 8 heteroatoms. The summed E-state index contributed by atoms with van der Waals surface area (Å²) in [6.07, 6.45) is 0.895. The summed E-state index contributed by atoms with van der Waals surface area (Å²) in [5.41, 5.74) is -1.35. The van der Waals surface area contributed by atoms with Crippen molar-refractivity contribution in [2.75, 3.05) is 6.26 Å². The van der Waals surface area contributed by atoms with Gasteiger partial charge in [0.15, 0.2) is 0 Å². The van der Waals surface area contributed by atoms with Crippen LogP contribution in [-0.4, -0.2) is 25.6 Å².